The molecule has 0 aliphatic rings. The number of para-hydroxylation sites is 1. The summed E-state index contributed by atoms with van der Waals surface area (Å²) in [5.41, 5.74) is 2.37. The Morgan fingerprint density at radius 2 is 1.54 bits per heavy atom. The molecule has 3 aromatic carbocycles. The molecule has 0 unspecified atom stereocenters. The van der Waals surface area contributed by atoms with E-state index in [4.69, 9.17) is 14.2 Å². The molecule has 0 aliphatic heterocycles. The quantitative estimate of drug-likeness (QED) is 0.605. The maximum atomic E-state index is 12.0. The van der Waals surface area contributed by atoms with Crippen LogP contribution in [0.2, 0.25) is 0 Å². The minimum Gasteiger partial charge on any atom is -0.497 e. The molecule has 0 saturated carbocycles. The molecule has 0 saturated heterocycles. The minimum absolute atomic E-state index is 0.0485. The zero-order chi connectivity index (χ0) is 19.8. The van der Waals surface area contributed by atoms with Crippen LogP contribution < -0.4 is 24.8 Å². The summed E-state index contributed by atoms with van der Waals surface area (Å²) < 4.78 is 16.0. The third kappa shape index (κ3) is 5.17. The summed E-state index contributed by atoms with van der Waals surface area (Å²) in [6, 6.07) is 22.1. The number of ether oxygens (including phenoxy) is 3. The lowest BCUT2D eigenvalue weighted by Crippen LogP contribution is -2.20. The Balaban J connectivity index is 1.57. The molecule has 0 radical (unpaired) electrons. The van der Waals surface area contributed by atoms with Crippen molar-refractivity contribution in [3.63, 3.8) is 0 Å². The van der Waals surface area contributed by atoms with Gasteiger partial charge in [0.05, 0.1) is 19.9 Å². The molecule has 6 heteroatoms. The smallest absolute Gasteiger partial charge is 0.262 e. The summed E-state index contributed by atoms with van der Waals surface area (Å²) >= 11 is 0. The van der Waals surface area contributed by atoms with Gasteiger partial charge < -0.3 is 24.8 Å². The van der Waals surface area contributed by atoms with Crippen molar-refractivity contribution >= 4 is 23.0 Å². The molecule has 3 rings (SSSR count). The number of methoxy groups -OCH3 is 2. The lowest BCUT2D eigenvalue weighted by Gasteiger charge is -2.13. The second kappa shape index (κ2) is 9.32. The van der Waals surface area contributed by atoms with Crippen LogP contribution in [0.1, 0.15) is 0 Å². The molecule has 6 nitrogen and oxygen atoms in total. The molecule has 0 fully saturated rings. The molecule has 1 amide bonds. The average molecular weight is 378 g/mol. The molecular formula is C22H22N2O4. The first-order valence-electron chi connectivity index (χ1n) is 8.75. The van der Waals surface area contributed by atoms with Crippen LogP contribution in [0.15, 0.2) is 72.8 Å². The standard InChI is InChI=1S/C22H22N2O4/c1-26-19-12-13-20(21(14-19)27-2)23-16-8-10-17(11-9-16)24-22(25)15-28-18-6-4-3-5-7-18/h3-14,23H,15H2,1-2H3,(H,24,25). The van der Waals surface area contributed by atoms with Crippen LogP contribution in [0, 0.1) is 0 Å². The highest BCUT2D eigenvalue weighted by Crippen LogP contribution is 2.31. The summed E-state index contributed by atoms with van der Waals surface area (Å²) in [5, 5.41) is 6.09. The highest BCUT2D eigenvalue weighted by Gasteiger charge is 2.07. The van der Waals surface area contributed by atoms with E-state index >= 15 is 0 Å². The number of rotatable bonds is 8. The van der Waals surface area contributed by atoms with Crippen LogP contribution in [0.4, 0.5) is 17.1 Å². The number of nitrogens with one attached hydrogen (secondary N) is 2. The van der Waals surface area contributed by atoms with Crippen molar-refractivity contribution in [2.75, 3.05) is 31.5 Å². The minimum atomic E-state index is -0.221. The van der Waals surface area contributed by atoms with E-state index in [1.807, 2.05) is 60.7 Å². The Morgan fingerprint density at radius 3 is 2.21 bits per heavy atom. The normalized spacial score (nSPS) is 10.1. The second-order valence-electron chi connectivity index (χ2n) is 5.92. The topological polar surface area (TPSA) is 68.8 Å². The number of anilines is 3. The van der Waals surface area contributed by atoms with Crippen molar-refractivity contribution in [2.45, 2.75) is 0 Å². The van der Waals surface area contributed by atoms with Crippen LogP contribution in [0.3, 0.4) is 0 Å². The monoisotopic (exact) mass is 378 g/mol. The largest absolute Gasteiger partial charge is 0.497 e. The van der Waals surface area contributed by atoms with Crippen molar-refractivity contribution in [3.05, 3.63) is 72.8 Å². The highest BCUT2D eigenvalue weighted by atomic mass is 16.5. The lowest BCUT2D eigenvalue weighted by atomic mass is 10.2. The maximum Gasteiger partial charge on any atom is 0.262 e. The van der Waals surface area contributed by atoms with Gasteiger partial charge in [-0.15, -0.1) is 0 Å². The van der Waals surface area contributed by atoms with E-state index in [1.54, 1.807) is 26.4 Å². The number of carbonyl (C=O) groups excluding carboxylic acids is 1. The summed E-state index contributed by atoms with van der Waals surface area (Å²) in [6.07, 6.45) is 0. The molecule has 0 bridgehead atoms. The lowest BCUT2D eigenvalue weighted by molar-refractivity contribution is -0.118. The second-order valence-corrected chi connectivity index (χ2v) is 5.92. The summed E-state index contributed by atoms with van der Waals surface area (Å²) in [6.45, 7) is -0.0485. The third-order valence-corrected chi connectivity index (χ3v) is 3.97. The number of hydrogen-bond acceptors (Lipinski definition) is 5. The molecule has 2 N–H and O–H groups in total. The van der Waals surface area contributed by atoms with Gasteiger partial charge in [-0.1, -0.05) is 18.2 Å². The van der Waals surface area contributed by atoms with Crippen molar-refractivity contribution in [1.82, 2.24) is 0 Å². The van der Waals surface area contributed by atoms with Crippen molar-refractivity contribution < 1.29 is 19.0 Å². The van der Waals surface area contributed by atoms with Gasteiger partial charge >= 0.3 is 0 Å². The number of carbonyl (C=O) groups is 1. The predicted octanol–water partition coefficient (Wildman–Crippen LogP) is 4.46. The molecule has 0 aromatic heterocycles. The SMILES string of the molecule is COc1ccc(Nc2ccc(NC(=O)COc3ccccc3)cc2)c(OC)c1. The molecule has 0 heterocycles. The summed E-state index contributed by atoms with van der Waals surface area (Å²) in [4.78, 5) is 12.0. The van der Waals surface area contributed by atoms with Crippen LogP contribution in [-0.2, 0) is 4.79 Å². The number of amides is 1. The van der Waals surface area contributed by atoms with E-state index in [-0.39, 0.29) is 12.5 Å². The zero-order valence-corrected chi connectivity index (χ0v) is 15.8. The first-order chi connectivity index (χ1) is 13.7. The van der Waals surface area contributed by atoms with Gasteiger partial charge in [0.15, 0.2) is 6.61 Å². The fourth-order valence-corrected chi connectivity index (χ4v) is 2.56. The Hall–Kier alpha value is -3.67. The van der Waals surface area contributed by atoms with Gasteiger partial charge in [0.25, 0.3) is 5.91 Å². The van der Waals surface area contributed by atoms with Gasteiger partial charge in [-0.2, -0.15) is 0 Å². The van der Waals surface area contributed by atoms with E-state index < -0.39 is 0 Å². The fraction of sp³-hybridized carbons (Fsp3) is 0.136. The summed E-state index contributed by atoms with van der Waals surface area (Å²) in [5.74, 6) is 1.83. The first kappa shape index (κ1) is 19.1. The molecule has 144 valence electrons. The molecular weight excluding hydrogens is 356 g/mol. The van der Waals surface area contributed by atoms with Gasteiger partial charge in [0.1, 0.15) is 17.2 Å². The van der Waals surface area contributed by atoms with Gasteiger partial charge in [0, 0.05) is 17.4 Å². The van der Waals surface area contributed by atoms with E-state index in [0.29, 0.717) is 17.2 Å². The van der Waals surface area contributed by atoms with Crippen molar-refractivity contribution in [2.24, 2.45) is 0 Å². The van der Waals surface area contributed by atoms with Crippen LogP contribution in [0.5, 0.6) is 17.2 Å². The number of hydrogen-bond donors (Lipinski definition) is 2. The van der Waals surface area contributed by atoms with Crippen molar-refractivity contribution in [3.8, 4) is 17.2 Å². The van der Waals surface area contributed by atoms with Crippen LogP contribution in [0.25, 0.3) is 0 Å². The maximum absolute atomic E-state index is 12.0. The third-order valence-electron chi connectivity index (χ3n) is 3.97. The molecule has 3 aromatic rings. The van der Waals surface area contributed by atoms with Gasteiger partial charge in [-0.3, -0.25) is 4.79 Å². The average Bonchev–Trinajstić information content (AvgIpc) is 2.74. The molecule has 0 atom stereocenters. The van der Waals surface area contributed by atoms with Gasteiger partial charge in [-0.05, 0) is 48.5 Å². The highest BCUT2D eigenvalue weighted by molar-refractivity contribution is 5.92. The van der Waals surface area contributed by atoms with Crippen LogP contribution >= 0.6 is 0 Å². The van der Waals surface area contributed by atoms with Gasteiger partial charge in [0.2, 0.25) is 0 Å². The van der Waals surface area contributed by atoms with E-state index in [0.717, 1.165) is 17.1 Å². The Labute approximate surface area is 164 Å². The van der Waals surface area contributed by atoms with E-state index in [9.17, 15) is 4.79 Å². The molecule has 0 spiro atoms. The fourth-order valence-electron chi connectivity index (χ4n) is 2.56. The Morgan fingerprint density at radius 1 is 0.821 bits per heavy atom. The Bertz CT molecular complexity index is 912. The van der Waals surface area contributed by atoms with Crippen molar-refractivity contribution in [1.29, 1.82) is 0 Å². The Kier molecular flexibility index (Phi) is 6.36. The molecule has 0 aliphatic carbocycles. The predicted molar refractivity (Wildman–Crippen MR) is 110 cm³/mol. The van der Waals surface area contributed by atoms with E-state index in [2.05, 4.69) is 10.6 Å². The van der Waals surface area contributed by atoms with Gasteiger partial charge in [-0.25, -0.2) is 0 Å². The first-order valence-corrected chi connectivity index (χ1v) is 8.75. The number of benzene rings is 3. The van der Waals surface area contributed by atoms with Crippen LogP contribution in [-0.4, -0.2) is 26.7 Å². The zero-order valence-electron chi connectivity index (χ0n) is 15.8. The summed E-state index contributed by atoms with van der Waals surface area (Å²) in [7, 11) is 3.22. The van der Waals surface area contributed by atoms with E-state index in [1.165, 1.54) is 0 Å². The molecule has 28 heavy (non-hydrogen) atoms.